The summed E-state index contributed by atoms with van der Waals surface area (Å²) in [7, 11) is 0. The fourth-order valence-electron chi connectivity index (χ4n) is 9.76. The maximum atomic E-state index is 13.4. The molecule has 14 heteroatoms. The Morgan fingerprint density at radius 2 is 1.73 bits per heavy atom. The number of fused-ring (bicyclic) bond motifs is 4. The zero-order valence-electron chi connectivity index (χ0n) is 25.4. The number of esters is 3. The van der Waals surface area contributed by atoms with Gasteiger partial charge in [0, 0.05) is 23.8 Å². The van der Waals surface area contributed by atoms with Crippen molar-refractivity contribution in [3.05, 3.63) is 11.1 Å². The highest BCUT2D eigenvalue weighted by Crippen LogP contribution is 2.83. The summed E-state index contributed by atoms with van der Waals surface area (Å²) in [5, 5.41) is 39.3. The molecule has 2 unspecified atom stereocenters. The molecule has 5 heterocycles. The van der Waals surface area contributed by atoms with Crippen molar-refractivity contribution in [2.24, 2.45) is 17.3 Å². The molecule has 0 amide bonds. The van der Waals surface area contributed by atoms with E-state index in [-0.39, 0.29) is 60.8 Å². The van der Waals surface area contributed by atoms with Crippen molar-refractivity contribution in [3.63, 3.8) is 0 Å². The molecule has 8 rings (SSSR count). The van der Waals surface area contributed by atoms with Gasteiger partial charge in [0.1, 0.15) is 54.4 Å². The zero-order valence-corrected chi connectivity index (χ0v) is 25.4. The molecule has 2 spiro atoms. The van der Waals surface area contributed by atoms with Crippen molar-refractivity contribution < 1.29 is 68.0 Å². The van der Waals surface area contributed by atoms with E-state index in [0.717, 1.165) is 17.6 Å². The molecule has 3 aliphatic carbocycles. The maximum absolute atomic E-state index is 13.4. The van der Waals surface area contributed by atoms with Crippen LogP contribution in [0.4, 0.5) is 0 Å². The summed E-state index contributed by atoms with van der Waals surface area (Å²) in [6, 6.07) is 0. The standard InChI is InChI=1S/C31H40O14/c1-12(2)29-23(44-29)24-31(45-24)28(3)8-7-13-14(11-39-25(13)38)15(28)9-17-30(31,43-17)27(29)42-19(34)6-4-5-18(33)41-26-22(37)21(36)20(35)16(10-32)40-26/h12,15-17,20-24,26-27,32,35-37H,4-11H2,1-3H3/t15-,16?,17-,20+,21-,22?,23-,24-,26-,27+,28-,29-,30+,31+/m0/s1. The van der Waals surface area contributed by atoms with Crippen LogP contribution < -0.4 is 0 Å². The van der Waals surface area contributed by atoms with Crippen LogP contribution in [0, 0.1) is 17.3 Å². The number of cyclic esters (lactones) is 1. The van der Waals surface area contributed by atoms with Crippen molar-refractivity contribution >= 4 is 17.9 Å². The van der Waals surface area contributed by atoms with Gasteiger partial charge in [-0.1, -0.05) is 20.8 Å². The smallest absolute Gasteiger partial charge is 0.334 e. The van der Waals surface area contributed by atoms with Crippen LogP contribution in [-0.4, -0.2) is 123 Å². The minimum Gasteiger partial charge on any atom is -0.458 e. The van der Waals surface area contributed by atoms with Gasteiger partial charge in [-0.15, -0.1) is 0 Å². The molecule has 0 aromatic carbocycles. The number of aliphatic hydroxyl groups excluding tert-OH is 4. The molecule has 248 valence electrons. The van der Waals surface area contributed by atoms with Crippen LogP contribution in [-0.2, 0) is 47.5 Å². The van der Waals surface area contributed by atoms with Crippen molar-refractivity contribution in [3.8, 4) is 0 Å². The number of hydrogen-bond donors (Lipinski definition) is 4. The normalized spacial score (nSPS) is 51.5. The minimum atomic E-state index is -1.71. The Morgan fingerprint density at radius 1 is 1.00 bits per heavy atom. The van der Waals surface area contributed by atoms with Gasteiger partial charge >= 0.3 is 17.9 Å². The molecule has 0 aromatic heterocycles. The first kappa shape index (κ1) is 30.2. The molecule has 45 heavy (non-hydrogen) atoms. The molecular weight excluding hydrogens is 596 g/mol. The van der Waals surface area contributed by atoms with Crippen LogP contribution in [0.3, 0.4) is 0 Å². The number of hydrogen-bond acceptors (Lipinski definition) is 14. The van der Waals surface area contributed by atoms with Gasteiger partial charge in [0.25, 0.3) is 0 Å². The second-order valence-electron chi connectivity index (χ2n) is 14.4. The van der Waals surface area contributed by atoms with E-state index >= 15 is 0 Å². The fraction of sp³-hybridized carbons (Fsp3) is 0.839. The van der Waals surface area contributed by atoms with E-state index < -0.39 is 72.2 Å². The Kier molecular flexibility index (Phi) is 6.50. The molecule has 8 aliphatic rings. The molecule has 2 saturated carbocycles. The molecule has 4 N–H and O–H groups in total. The predicted molar refractivity (Wildman–Crippen MR) is 145 cm³/mol. The zero-order chi connectivity index (χ0) is 31.8. The summed E-state index contributed by atoms with van der Waals surface area (Å²) in [5.41, 5.74) is -0.904. The molecule has 0 bridgehead atoms. The molecule has 0 radical (unpaired) electrons. The number of carbonyl (C=O) groups excluding carboxylic acids is 3. The number of ether oxygens (including phenoxy) is 7. The van der Waals surface area contributed by atoms with Crippen LogP contribution in [0.2, 0.25) is 0 Å². The van der Waals surface area contributed by atoms with Gasteiger partial charge in [-0.05, 0) is 43.1 Å². The lowest BCUT2D eigenvalue weighted by atomic mass is 9.46. The molecule has 4 saturated heterocycles. The van der Waals surface area contributed by atoms with Crippen LogP contribution in [0.25, 0.3) is 0 Å². The highest BCUT2D eigenvalue weighted by Gasteiger charge is 3.01. The van der Waals surface area contributed by atoms with E-state index in [0.29, 0.717) is 19.4 Å². The van der Waals surface area contributed by atoms with Crippen LogP contribution in [0.5, 0.6) is 0 Å². The molecule has 0 aromatic rings. The average Bonchev–Trinajstić information content (AvgIpc) is 3.92. The van der Waals surface area contributed by atoms with Crippen molar-refractivity contribution in [2.75, 3.05) is 13.2 Å². The lowest BCUT2D eigenvalue weighted by Crippen LogP contribution is -2.70. The van der Waals surface area contributed by atoms with Crippen molar-refractivity contribution in [1.82, 2.24) is 0 Å². The Hall–Kier alpha value is -2.17. The first-order valence-corrected chi connectivity index (χ1v) is 16.0. The molecule has 14 nitrogen and oxygen atoms in total. The van der Waals surface area contributed by atoms with Crippen LogP contribution >= 0.6 is 0 Å². The van der Waals surface area contributed by atoms with Gasteiger partial charge < -0.3 is 53.6 Å². The SMILES string of the molecule is CC(C)[C@]12O[C@H]1[C@@H]1O[C@]13[C@]1(O[C@H]1C[C@H]1C4=C(CC[C@@]13C)C(=O)OC4)[C@@H]2OC(=O)CCCC(=O)O[C@@H]1OC(CO)[C@@H](O)[C@H](O)C1O. The third-order valence-electron chi connectivity index (χ3n) is 12.2. The Morgan fingerprint density at radius 3 is 2.44 bits per heavy atom. The second-order valence-corrected chi connectivity index (χ2v) is 14.4. The lowest BCUT2D eigenvalue weighted by Gasteiger charge is -2.53. The fourth-order valence-corrected chi connectivity index (χ4v) is 9.76. The summed E-state index contributed by atoms with van der Waals surface area (Å²) in [6.45, 7) is 5.91. The lowest BCUT2D eigenvalue weighted by molar-refractivity contribution is -0.292. The number of carbonyl (C=O) groups is 3. The van der Waals surface area contributed by atoms with Gasteiger partial charge in [0.2, 0.25) is 6.29 Å². The Labute approximate surface area is 258 Å². The molecule has 5 aliphatic heterocycles. The molecular formula is C31H40O14. The van der Waals surface area contributed by atoms with E-state index in [1.807, 2.05) is 13.8 Å². The Bertz CT molecular complexity index is 1360. The predicted octanol–water partition coefficient (Wildman–Crippen LogP) is -0.833. The van der Waals surface area contributed by atoms with Crippen molar-refractivity contribution in [1.29, 1.82) is 0 Å². The number of epoxide rings is 3. The third kappa shape index (κ3) is 3.71. The van der Waals surface area contributed by atoms with E-state index in [1.165, 1.54) is 0 Å². The average molecular weight is 637 g/mol. The van der Waals surface area contributed by atoms with Gasteiger partial charge in [0.15, 0.2) is 11.7 Å². The topological polar surface area (TPSA) is 207 Å². The minimum absolute atomic E-state index is 0.00212. The number of rotatable bonds is 8. The molecule has 6 fully saturated rings. The van der Waals surface area contributed by atoms with E-state index in [4.69, 9.17) is 33.2 Å². The van der Waals surface area contributed by atoms with E-state index in [2.05, 4.69) is 6.92 Å². The van der Waals surface area contributed by atoms with E-state index in [1.54, 1.807) is 0 Å². The summed E-state index contributed by atoms with van der Waals surface area (Å²) in [4.78, 5) is 38.3. The van der Waals surface area contributed by atoms with Gasteiger partial charge in [0.05, 0.1) is 12.7 Å². The van der Waals surface area contributed by atoms with Gasteiger partial charge in [-0.2, -0.15) is 0 Å². The van der Waals surface area contributed by atoms with Gasteiger partial charge in [-0.3, -0.25) is 9.59 Å². The third-order valence-corrected chi connectivity index (χ3v) is 12.2. The first-order valence-electron chi connectivity index (χ1n) is 16.0. The summed E-state index contributed by atoms with van der Waals surface area (Å²) in [6.07, 6.45) is -7.42. The van der Waals surface area contributed by atoms with Crippen LogP contribution in [0.15, 0.2) is 11.1 Å². The van der Waals surface area contributed by atoms with Gasteiger partial charge in [-0.25, -0.2) is 4.79 Å². The van der Waals surface area contributed by atoms with Crippen molar-refractivity contribution in [2.45, 2.75) is 131 Å². The van der Waals surface area contributed by atoms with E-state index in [9.17, 15) is 34.8 Å². The van der Waals surface area contributed by atoms with Crippen LogP contribution in [0.1, 0.15) is 59.3 Å². The first-order chi connectivity index (χ1) is 21.4. The Balaban J connectivity index is 0.962. The number of aliphatic hydroxyl groups is 4. The molecule has 14 atom stereocenters. The maximum Gasteiger partial charge on any atom is 0.334 e. The second kappa shape index (κ2) is 9.69. The quantitative estimate of drug-likeness (QED) is 0.146. The highest BCUT2D eigenvalue weighted by molar-refractivity contribution is 5.92. The summed E-state index contributed by atoms with van der Waals surface area (Å²) < 4.78 is 41.8. The summed E-state index contributed by atoms with van der Waals surface area (Å²) >= 11 is 0. The largest absolute Gasteiger partial charge is 0.458 e. The highest BCUT2D eigenvalue weighted by atomic mass is 16.8. The summed E-state index contributed by atoms with van der Waals surface area (Å²) in [5.74, 6) is -1.50. The monoisotopic (exact) mass is 636 g/mol.